The molecule has 1 aromatic carbocycles. The number of nitrogens with two attached hydrogens (primary N) is 1. The van der Waals surface area contributed by atoms with Crippen LogP contribution in [0.4, 0.5) is 10.2 Å². The molecule has 3 atom stereocenters. The number of benzene rings is 1. The van der Waals surface area contributed by atoms with E-state index in [1.165, 1.54) is 6.07 Å². The van der Waals surface area contributed by atoms with Crippen LogP contribution in [0.25, 0.3) is 11.2 Å². The number of H-pyrrole nitrogens is 1. The number of hydrogen-bond donors (Lipinski definition) is 2. The molecule has 7 nitrogen and oxygen atoms in total. The van der Waals surface area contributed by atoms with Crippen molar-refractivity contribution in [3.8, 4) is 11.5 Å². The van der Waals surface area contributed by atoms with Gasteiger partial charge in [0, 0.05) is 36.2 Å². The highest BCUT2D eigenvalue weighted by molar-refractivity contribution is 5.77. The lowest BCUT2D eigenvalue weighted by molar-refractivity contribution is 0.204. The van der Waals surface area contributed by atoms with Gasteiger partial charge >= 0.3 is 0 Å². The van der Waals surface area contributed by atoms with Gasteiger partial charge in [-0.1, -0.05) is 0 Å². The van der Waals surface area contributed by atoms with Crippen molar-refractivity contribution < 1.29 is 13.9 Å². The minimum absolute atomic E-state index is 0.0703. The topological polar surface area (TPSA) is 89.3 Å². The molecule has 0 aliphatic carbocycles. The van der Waals surface area contributed by atoms with Crippen LogP contribution >= 0.6 is 0 Å². The second kappa shape index (κ2) is 6.34. The number of halogens is 1. The molecule has 0 bridgehead atoms. The smallest absolute Gasteiger partial charge is 0.179 e. The number of pyridine rings is 1. The van der Waals surface area contributed by atoms with Crippen LogP contribution in [0.3, 0.4) is 0 Å². The van der Waals surface area contributed by atoms with Gasteiger partial charge in [0.25, 0.3) is 0 Å². The fourth-order valence-corrected chi connectivity index (χ4v) is 3.91. The van der Waals surface area contributed by atoms with E-state index in [-0.39, 0.29) is 24.0 Å². The first kappa shape index (κ1) is 17.2. The SMILES string of the molecule is C[C@@H]1COc2cc3[nH]cnc3nc2N1Cc1cc(F)cc2c1OC([C@@H](C)N)C2. The van der Waals surface area contributed by atoms with Gasteiger partial charge in [-0.15, -0.1) is 0 Å². The minimum atomic E-state index is -0.264. The Labute approximate surface area is 161 Å². The first-order valence-electron chi connectivity index (χ1n) is 9.46. The van der Waals surface area contributed by atoms with Crippen LogP contribution in [0, 0.1) is 5.82 Å². The van der Waals surface area contributed by atoms with Gasteiger partial charge in [-0.3, -0.25) is 0 Å². The third-order valence-corrected chi connectivity index (χ3v) is 5.46. The number of ether oxygens (including phenoxy) is 2. The standard InChI is InChI=1S/C20H22FN5O2/c1-10-8-27-17-6-15-19(24-9-23-15)25-20(17)26(10)7-13-4-14(21)3-12-5-16(11(2)22)28-18(12)13/h3-4,6,9-11,16H,5,7-8,22H2,1-2H3,(H,23,24,25)/t10-,11-,16?/m1/s1. The maximum Gasteiger partial charge on any atom is 0.179 e. The van der Waals surface area contributed by atoms with Crippen molar-refractivity contribution in [2.24, 2.45) is 5.73 Å². The van der Waals surface area contributed by atoms with Crippen LogP contribution in [-0.4, -0.2) is 39.7 Å². The van der Waals surface area contributed by atoms with Gasteiger partial charge in [-0.25, -0.2) is 14.4 Å². The van der Waals surface area contributed by atoms with Crippen molar-refractivity contribution in [2.45, 2.75) is 45.0 Å². The second-order valence-corrected chi connectivity index (χ2v) is 7.64. The van der Waals surface area contributed by atoms with E-state index in [1.807, 2.05) is 13.0 Å². The summed E-state index contributed by atoms with van der Waals surface area (Å²) in [5, 5.41) is 0. The van der Waals surface area contributed by atoms with E-state index in [2.05, 4.69) is 26.8 Å². The lowest BCUT2D eigenvalue weighted by atomic mass is 10.0. The molecule has 3 aromatic rings. The summed E-state index contributed by atoms with van der Waals surface area (Å²) in [6.45, 7) is 4.96. The summed E-state index contributed by atoms with van der Waals surface area (Å²) < 4.78 is 26.3. The molecule has 0 radical (unpaired) electrons. The zero-order chi connectivity index (χ0) is 19.4. The minimum Gasteiger partial charge on any atom is -0.488 e. The Bertz CT molecular complexity index is 1050. The van der Waals surface area contributed by atoms with Gasteiger partial charge in [0.2, 0.25) is 0 Å². The zero-order valence-electron chi connectivity index (χ0n) is 15.8. The molecular formula is C20H22FN5O2. The number of rotatable bonds is 3. The van der Waals surface area contributed by atoms with Gasteiger partial charge in [0.1, 0.15) is 24.3 Å². The van der Waals surface area contributed by atoms with Crippen molar-refractivity contribution in [3.05, 3.63) is 41.5 Å². The molecular weight excluding hydrogens is 361 g/mol. The maximum absolute atomic E-state index is 14.3. The van der Waals surface area contributed by atoms with E-state index < -0.39 is 0 Å². The number of anilines is 1. The molecule has 146 valence electrons. The number of nitrogens with zero attached hydrogens (tertiary/aromatic N) is 3. The molecule has 0 spiro atoms. The summed E-state index contributed by atoms with van der Waals surface area (Å²) in [7, 11) is 0. The zero-order valence-corrected chi connectivity index (χ0v) is 15.8. The molecule has 5 rings (SSSR count). The van der Waals surface area contributed by atoms with E-state index >= 15 is 0 Å². The molecule has 2 aliphatic heterocycles. The summed E-state index contributed by atoms with van der Waals surface area (Å²) in [4.78, 5) is 14.1. The molecule has 8 heteroatoms. The summed E-state index contributed by atoms with van der Waals surface area (Å²) in [6.07, 6.45) is 2.10. The van der Waals surface area contributed by atoms with Crippen LogP contribution in [0.5, 0.6) is 11.5 Å². The molecule has 0 amide bonds. The predicted octanol–water partition coefficient (Wildman–Crippen LogP) is 2.54. The Morgan fingerprint density at radius 1 is 1.39 bits per heavy atom. The number of aromatic nitrogens is 3. The van der Waals surface area contributed by atoms with Crippen molar-refractivity contribution in [1.29, 1.82) is 0 Å². The predicted molar refractivity (Wildman–Crippen MR) is 103 cm³/mol. The van der Waals surface area contributed by atoms with Crippen molar-refractivity contribution >= 4 is 17.0 Å². The quantitative estimate of drug-likeness (QED) is 0.723. The highest BCUT2D eigenvalue weighted by Crippen LogP contribution is 2.39. The summed E-state index contributed by atoms with van der Waals surface area (Å²) in [5.41, 5.74) is 9.12. The van der Waals surface area contributed by atoms with Crippen molar-refractivity contribution in [1.82, 2.24) is 15.0 Å². The molecule has 0 saturated carbocycles. The van der Waals surface area contributed by atoms with Crippen LogP contribution in [0.1, 0.15) is 25.0 Å². The van der Waals surface area contributed by atoms with Crippen LogP contribution in [-0.2, 0) is 13.0 Å². The number of fused-ring (bicyclic) bond motifs is 3. The summed E-state index contributed by atoms with van der Waals surface area (Å²) in [5.74, 6) is 1.87. The van der Waals surface area contributed by atoms with E-state index in [1.54, 1.807) is 12.4 Å². The fraction of sp³-hybridized carbons (Fsp3) is 0.400. The van der Waals surface area contributed by atoms with E-state index in [0.29, 0.717) is 36.8 Å². The average Bonchev–Trinajstić information content (AvgIpc) is 3.28. The number of aromatic amines is 1. The Morgan fingerprint density at radius 3 is 3.07 bits per heavy atom. The lowest BCUT2D eigenvalue weighted by Gasteiger charge is -2.36. The van der Waals surface area contributed by atoms with Gasteiger partial charge in [-0.05, 0) is 26.0 Å². The fourth-order valence-electron chi connectivity index (χ4n) is 3.91. The van der Waals surface area contributed by atoms with Crippen molar-refractivity contribution in [2.75, 3.05) is 11.5 Å². The number of nitrogens with one attached hydrogen (secondary N) is 1. The van der Waals surface area contributed by atoms with Crippen LogP contribution < -0.4 is 20.1 Å². The second-order valence-electron chi connectivity index (χ2n) is 7.64. The monoisotopic (exact) mass is 383 g/mol. The van der Waals surface area contributed by atoms with E-state index in [0.717, 1.165) is 22.4 Å². The largest absolute Gasteiger partial charge is 0.488 e. The summed E-state index contributed by atoms with van der Waals surface area (Å²) >= 11 is 0. The molecule has 1 unspecified atom stereocenters. The van der Waals surface area contributed by atoms with Gasteiger partial charge in [-0.2, -0.15) is 0 Å². The number of hydrogen-bond acceptors (Lipinski definition) is 6. The lowest BCUT2D eigenvalue weighted by Crippen LogP contribution is -2.41. The number of imidazole rings is 1. The molecule has 3 N–H and O–H groups in total. The molecule has 0 saturated heterocycles. The highest BCUT2D eigenvalue weighted by atomic mass is 19.1. The van der Waals surface area contributed by atoms with Gasteiger partial charge in [0.15, 0.2) is 17.2 Å². The first-order chi connectivity index (χ1) is 13.5. The van der Waals surface area contributed by atoms with Crippen LogP contribution in [0.15, 0.2) is 24.5 Å². The van der Waals surface area contributed by atoms with E-state index in [4.69, 9.17) is 15.2 Å². The highest BCUT2D eigenvalue weighted by Gasteiger charge is 2.32. The van der Waals surface area contributed by atoms with E-state index in [9.17, 15) is 4.39 Å². The Balaban J connectivity index is 1.54. The average molecular weight is 383 g/mol. The molecule has 2 aromatic heterocycles. The van der Waals surface area contributed by atoms with Gasteiger partial charge < -0.3 is 25.1 Å². The third-order valence-electron chi connectivity index (χ3n) is 5.46. The Hall–Kier alpha value is -2.87. The maximum atomic E-state index is 14.3. The van der Waals surface area contributed by atoms with Crippen molar-refractivity contribution in [3.63, 3.8) is 0 Å². The van der Waals surface area contributed by atoms with Crippen LogP contribution in [0.2, 0.25) is 0 Å². The molecule has 0 fully saturated rings. The molecule has 2 aliphatic rings. The molecule has 28 heavy (non-hydrogen) atoms. The van der Waals surface area contributed by atoms with Gasteiger partial charge in [0.05, 0.1) is 17.9 Å². The summed E-state index contributed by atoms with van der Waals surface area (Å²) in [6, 6.07) is 4.94. The Kier molecular flexibility index (Phi) is 3.90. The normalized spacial score (nSPS) is 21.8. The Morgan fingerprint density at radius 2 is 2.25 bits per heavy atom. The first-order valence-corrected chi connectivity index (χ1v) is 9.46. The molecule has 4 heterocycles. The third kappa shape index (κ3) is 2.75.